The summed E-state index contributed by atoms with van der Waals surface area (Å²) < 4.78 is 10.2. The summed E-state index contributed by atoms with van der Waals surface area (Å²) in [6.07, 6.45) is 6.11. The zero-order valence-corrected chi connectivity index (χ0v) is 13.0. The van der Waals surface area contributed by atoms with Crippen molar-refractivity contribution in [1.82, 2.24) is 15.3 Å². The van der Waals surface area contributed by atoms with E-state index in [1.807, 2.05) is 12.4 Å². The predicted molar refractivity (Wildman–Crippen MR) is 82.4 cm³/mol. The number of aromatic nitrogens is 2. The maximum atomic E-state index is 5.23. The highest BCUT2D eigenvalue weighted by Gasteiger charge is 2.20. The molecule has 0 radical (unpaired) electrons. The molecule has 0 atom stereocenters. The molecule has 2 heterocycles. The van der Waals surface area contributed by atoms with E-state index in [2.05, 4.69) is 20.2 Å². The quantitative estimate of drug-likeness (QED) is 0.724. The molecule has 1 aromatic heterocycles. The minimum Gasteiger partial charge on any atom is -0.384 e. The number of hydrogen-bond donors (Lipinski definition) is 1. The Bertz CT molecular complexity index is 391. The van der Waals surface area contributed by atoms with E-state index in [-0.39, 0.29) is 0 Å². The third-order valence-electron chi connectivity index (χ3n) is 3.80. The van der Waals surface area contributed by atoms with Gasteiger partial charge in [-0.15, -0.1) is 0 Å². The van der Waals surface area contributed by atoms with Crippen molar-refractivity contribution in [2.75, 3.05) is 52.0 Å². The van der Waals surface area contributed by atoms with Crippen LogP contribution >= 0.6 is 0 Å². The second-order valence-electron chi connectivity index (χ2n) is 5.45. The molecule has 1 aliphatic rings. The molecule has 2 rings (SSSR count). The number of piperidine rings is 1. The molecular weight excluding hydrogens is 268 g/mol. The third kappa shape index (κ3) is 5.22. The number of nitrogens with zero attached hydrogens (tertiary/aromatic N) is 3. The predicted octanol–water partition coefficient (Wildman–Crippen LogP) is 1.08. The van der Waals surface area contributed by atoms with Gasteiger partial charge in [0.2, 0.25) is 5.95 Å². The summed E-state index contributed by atoms with van der Waals surface area (Å²) in [7, 11) is 3.48. The van der Waals surface area contributed by atoms with Crippen molar-refractivity contribution in [2.24, 2.45) is 5.92 Å². The Balaban J connectivity index is 1.77. The number of nitrogens with one attached hydrogen (secondary N) is 1. The lowest BCUT2D eigenvalue weighted by molar-refractivity contribution is 0.139. The van der Waals surface area contributed by atoms with Crippen molar-refractivity contribution in [3.63, 3.8) is 0 Å². The molecule has 0 aromatic carbocycles. The van der Waals surface area contributed by atoms with Crippen LogP contribution < -0.4 is 10.2 Å². The van der Waals surface area contributed by atoms with Crippen LogP contribution in [0.5, 0.6) is 0 Å². The average Bonchev–Trinajstić information content (AvgIpc) is 2.53. The van der Waals surface area contributed by atoms with Gasteiger partial charge in [0.15, 0.2) is 0 Å². The van der Waals surface area contributed by atoms with Crippen molar-refractivity contribution in [2.45, 2.75) is 19.4 Å². The molecule has 1 N–H and O–H groups in total. The first-order valence-corrected chi connectivity index (χ1v) is 7.58. The SMILES string of the molecule is COCCNCc1cnc(N2CCC(COC)CC2)nc1. The van der Waals surface area contributed by atoms with E-state index < -0.39 is 0 Å². The molecule has 1 saturated heterocycles. The van der Waals surface area contributed by atoms with Crippen LogP contribution in [0.15, 0.2) is 12.4 Å². The van der Waals surface area contributed by atoms with E-state index in [1.54, 1.807) is 14.2 Å². The fourth-order valence-corrected chi connectivity index (χ4v) is 2.54. The summed E-state index contributed by atoms with van der Waals surface area (Å²) in [6, 6.07) is 0. The van der Waals surface area contributed by atoms with Crippen molar-refractivity contribution in [3.8, 4) is 0 Å². The van der Waals surface area contributed by atoms with E-state index in [0.29, 0.717) is 5.92 Å². The molecule has 1 fully saturated rings. The van der Waals surface area contributed by atoms with Gasteiger partial charge in [-0.25, -0.2) is 9.97 Å². The molecule has 118 valence electrons. The minimum absolute atomic E-state index is 0.676. The summed E-state index contributed by atoms with van der Waals surface area (Å²) in [5.74, 6) is 1.52. The Kier molecular flexibility index (Phi) is 6.85. The summed E-state index contributed by atoms with van der Waals surface area (Å²) in [6.45, 7) is 5.22. The molecule has 6 nitrogen and oxygen atoms in total. The first-order valence-electron chi connectivity index (χ1n) is 7.58. The van der Waals surface area contributed by atoms with Crippen molar-refractivity contribution in [3.05, 3.63) is 18.0 Å². The second kappa shape index (κ2) is 8.92. The molecule has 6 heteroatoms. The van der Waals surface area contributed by atoms with E-state index in [1.165, 1.54) is 0 Å². The molecule has 21 heavy (non-hydrogen) atoms. The van der Waals surface area contributed by atoms with Gasteiger partial charge in [-0.1, -0.05) is 0 Å². The second-order valence-corrected chi connectivity index (χ2v) is 5.45. The molecule has 1 aliphatic heterocycles. The van der Waals surface area contributed by atoms with Crippen LogP contribution in [0.4, 0.5) is 5.95 Å². The van der Waals surface area contributed by atoms with Gasteiger partial charge in [0.05, 0.1) is 6.61 Å². The normalized spacial score (nSPS) is 16.4. The Hall–Kier alpha value is -1.24. The van der Waals surface area contributed by atoms with Crippen LogP contribution in [-0.2, 0) is 16.0 Å². The van der Waals surface area contributed by atoms with Crippen molar-refractivity contribution >= 4 is 5.95 Å². The molecule has 0 spiro atoms. The lowest BCUT2D eigenvalue weighted by atomic mass is 9.98. The maximum Gasteiger partial charge on any atom is 0.225 e. The molecule has 0 aliphatic carbocycles. The Morgan fingerprint density at radius 2 is 1.90 bits per heavy atom. The maximum absolute atomic E-state index is 5.23. The Morgan fingerprint density at radius 3 is 2.52 bits per heavy atom. The van der Waals surface area contributed by atoms with Crippen LogP contribution in [0.1, 0.15) is 18.4 Å². The number of hydrogen-bond acceptors (Lipinski definition) is 6. The van der Waals surface area contributed by atoms with Crippen LogP contribution in [0.25, 0.3) is 0 Å². The van der Waals surface area contributed by atoms with E-state index in [9.17, 15) is 0 Å². The van der Waals surface area contributed by atoms with Crippen LogP contribution in [0.3, 0.4) is 0 Å². The summed E-state index contributed by atoms with van der Waals surface area (Å²) in [4.78, 5) is 11.2. The minimum atomic E-state index is 0.676. The zero-order valence-electron chi connectivity index (χ0n) is 13.0. The summed E-state index contributed by atoms with van der Waals surface area (Å²) in [5.41, 5.74) is 1.10. The third-order valence-corrected chi connectivity index (χ3v) is 3.80. The van der Waals surface area contributed by atoms with Crippen molar-refractivity contribution < 1.29 is 9.47 Å². The lowest BCUT2D eigenvalue weighted by Crippen LogP contribution is -2.36. The smallest absolute Gasteiger partial charge is 0.225 e. The number of rotatable bonds is 8. The highest BCUT2D eigenvalue weighted by atomic mass is 16.5. The lowest BCUT2D eigenvalue weighted by Gasteiger charge is -2.31. The van der Waals surface area contributed by atoms with Gasteiger partial charge < -0.3 is 19.7 Å². The molecule has 1 aromatic rings. The van der Waals surface area contributed by atoms with Gasteiger partial charge in [0, 0.05) is 65.0 Å². The van der Waals surface area contributed by atoms with Gasteiger partial charge in [-0.05, 0) is 18.8 Å². The zero-order chi connectivity index (χ0) is 14.9. The Labute approximate surface area is 126 Å². The number of methoxy groups -OCH3 is 2. The van der Waals surface area contributed by atoms with Crippen LogP contribution in [0.2, 0.25) is 0 Å². The van der Waals surface area contributed by atoms with Gasteiger partial charge in [-0.3, -0.25) is 0 Å². The highest BCUT2D eigenvalue weighted by molar-refractivity contribution is 5.30. The summed E-state index contributed by atoms with van der Waals surface area (Å²) in [5, 5.41) is 3.29. The summed E-state index contributed by atoms with van der Waals surface area (Å²) >= 11 is 0. The van der Waals surface area contributed by atoms with E-state index >= 15 is 0 Å². The average molecular weight is 294 g/mol. The fraction of sp³-hybridized carbons (Fsp3) is 0.733. The topological polar surface area (TPSA) is 59.5 Å². The molecule has 0 saturated carbocycles. The monoisotopic (exact) mass is 294 g/mol. The first-order chi connectivity index (χ1) is 10.3. The molecule has 0 amide bonds. The van der Waals surface area contributed by atoms with Crippen molar-refractivity contribution in [1.29, 1.82) is 0 Å². The molecule has 0 bridgehead atoms. The van der Waals surface area contributed by atoms with E-state index in [0.717, 1.165) is 63.7 Å². The Morgan fingerprint density at radius 1 is 1.19 bits per heavy atom. The highest BCUT2D eigenvalue weighted by Crippen LogP contribution is 2.20. The van der Waals surface area contributed by atoms with Gasteiger partial charge in [0.1, 0.15) is 0 Å². The van der Waals surface area contributed by atoms with Gasteiger partial charge >= 0.3 is 0 Å². The van der Waals surface area contributed by atoms with Gasteiger partial charge in [0.25, 0.3) is 0 Å². The standard InChI is InChI=1S/C15H26N4O2/c1-20-8-5-16-9-14-10-17-15(18-11-14)19-6-3-13(4-7-19)12-21-2/h10-11,13,16H,3-9,12H2,1-2H3. The van der Waals surface area contributed by atoms with Crippen LogP contribution in [-0.4, -0.2) is 57.0 Å². The van der Waals surface area contributed by atoms with E-state index in [4.69, 9.17) is 9.47 Å². The first kappa shape index (κ1) is 16.1. The molecular formula is C15H26N4O2. The largest absolute Gasteiger partial charge is 0.384 e. The fourth-order valence-electron chi connectivity index (χ4n) is 2.54. The van der Waals surface area contributed by atoms with Gasteiger partial charge in [-0.2, -0.15) is 0 Å². The number of anilines is 1. The molecule has 0 unspecified atom stereocenters. The number of ether oxygens (including phenoxy) is 2. The van der Waals surface area contributed by atoms with Crippen LogP contribution in [0, 0.1) is 5.92 Å².